The van der Waals surface area contributed by atoms with Gasteiger partial charge in [0.1, 0.15) is 0 Å². The monoisotopic (exact) mass is 189 g/mol. The van der Waals surface area contributed by atoms with E-state index in [1.54, 1.807) is 11.2 Å². The Labute approximate surface area is 81.5 Å². The van der Waals surface area contributed by atoms with Gasteiger partial charge in [-0.2, -0.15) is 10.3 Å². The lowest BCUT2D eigenvalue weighted by molar-refractivity contribution is 0.821. The number of nitrogens with one attached hydrogen (secondary N) is 1. The fraction of sp³-hybridized carbons (Fsp3) is 0.111. The SMILES string of the molecule is NN(Cc1ccccc1)c1cn[nH]n1. The quantitative estimate of drug-likeness (QED) is 0.550. The van der Waals surface area contributed by atoms with Gasteiger partial charge in [-0.05, 0) is 5.56 Å². The molecule has 0 saturated carbocycles. The number of anilines is 1. The predicted molar refractivity (Wildman–Crippen MR) is 53.2 cm³/mol. The lowest BCUT2D eigenvalue weighted by atomic mass is 10.2. The second kappa shape index (κ2) is 3.89. The Kier molecular flexibility index (Phi) is 2.42. The van der Waals surface area contributed by atoms with E-state index in [2.05, 4.69) is 15.4 Å². The van der Waals surface area contributed by atoms with Crippen LogP contribution in [-0.4, -0.2) is 15.4 Å². The Morgan fingerprint density at radius 2 is 2.07 bits per heavy atom. The van der Waals surface area contributed by atoms with Crippen molar-refractivity contribution in [3.63, 3.8) is 0 Å². The highest BCUT2D eigenvalue weighted by molar-refractivity contribution is 5.33. The zero-order valence-electron chi connectivity index (χ0n) is 7.59. The van der Waals surface area contributed by atoms with Gasteiger partial charge in [-0.3, -0.25) is 5.01 Å². The number of aromatic nitrogens is 3. The summed E-state index contributed by atoms with van der Waals surface area (Å²) in [5, 5.41) is 11.6. The van der Waals surface area contributed by atoms with Crippen LogP contribution in [0.15, 0.2) is 36.5 Å². The zero-order valence-corrected chi connectivity index (χ0v) is 7.59. The van der Waals surface area contributed by atoms with Crippen molar-refractivity contribution in [2.75, 3.05) is 5.01 Å². The molecule has 0 aliphatic carbocycles. The van der Waals surface area contributed by atoms with Crippen LogP contribution in [0.25, 0.3) is 0 Å². The molecular formula is C9H11N5. The summed E-state index contributed by atoms with van der Waals surface area (Å²) in [6.45, 7) is 0.618. The predicted octanol–water partition coefficient (Wildman–Crippen LogP) is 0.685. The van der Waals surface area contributed by atoms with Gasteiger partial charge in [0.2, 0.25) is 0 Å². The van der Waals surface area contributed by atoms with Crippen LogP contribution in [0.1, 0.15) is 5.56 Å². The molecule has 0 spiro atoms. The van der Waals surface area contributed by atoms with Gasteiger partial charge in [0.15, 0.2) is 5.82 Å². The van der Waals surface area contributed by atoms with Gasteiger partial charge in [0.25, 0.3) is 0 Å². The minimum Gasteiger partial charge on any atom is -0.288 e. The number of benzene rings is 1. The highest BCUT2D eigenvalue weighted by atomic mass is 15.5. The van der Waals surface area contributed by atoms with Gasteiger partial charge in [0, 0.05) is 0 Å². The van der Waals surface area contributed by atoms with Crippen LogP contribution in [0.2, 0.25) is 0 Å². The Bertz CT molecular complexity index is 369. The Morgan fingerprint density at radius 1 is 1.29 bits per heavy atom. The number of nitrogens with two attached hydrogens (primary N) is 1. The minimum absolute atomic E-state index is 0.618. The maximum atomic E-state index is 5.78. The van der Waals surface area contributed by atoms with E-state index in [1.807, 2.05) is 30.3 Å². The van der Waals surface area contributed by atoms with Crippen LogP contribution >= 0.6 is 0 Å². The van der Waals surface area contributed by atoms with E-state index in [-0.39, 0.29) is 0 Å². The first kappa shape index (κ1) is 8.71. The molecule has 14 heavy (non-hydrogen) atoms. The average molecular weight is 189 g/mol. The number of hydrogen-bond donors (Lipinski definition) is 2. The maximum absolute atomic E-state index is 5.78. The number of aromatic amines is 1. The zero-order chi connectivity index (χ0) is 9.80. The molecule has 2 aromatic rings. The third kappa shape index (κ3) is 1.89. The molecule has 72 valence electrons. The Morgan fingerprint density at radius 3 is 2.71 bits per heavy atom. The standard InChI is InChI=1S/C9H11N5/c10-14(9-6-11-13-12-9)7-8-4-2-1-3-5-8/h1-6H,7,10H2,(H,11,12,13). The summed E-state index contributed by atoms with van der Waals surface area (Å²) >= 11 is 0. The van der Waals surface area contributed by atoms with Crippen molar-refractivity contribution in [3.8, 4) is 0 Å². The van der Waals surface area contributed by atoms with Crippen LogP contribution in [0.5, 0.6) is 0 Å². The molecule has 0 radical (unpaired) electrons. The van der Waals surface area contributed by atoms with E-state index in [0.717, 1.165) is 5.56 Å². The number of H-pyrrole nitrogens is 1. The van der Waals surface area contributed by atoms with Gasteiger partial charge >= 0.3 is 0 Å². The number of nitrogens with zero attached hydrogens (tertiary/aromatic N) is 3. The summed E-state index contributed by atoms with van der Waals surface area (Å²) in [7, 11) is 0. The number of hydrogen-bond acceptors (Lipinski definition) is 4. The summed E-state index contributed by atoms with van der Waals surface area (Å²) in [5.74, 6) is 6.42. The largest absolute Gasteiger partial charge is 0.288 e. The summed E-state index contributed by atoms with van der Waals surface area (Å²) in [6, 6.07) is 9.96. The maximum Gasteiger partial charge on any atom is 0.185 e. The normalized spacial score (nSPS) is 10.1. The van der Waals surface area contributed by atoms with Crippen LogP contribution in [0, 0.1) is 0 Å². The van der Waals surface area contributed by atoms with Gasteiger partial charge in [0.05, 0.1) is 12.7 Å². The first-order valence-electron chi connectivity index (χ1n) is 4.28. The molecule has 0 fully saturated rings. The van der Waals surface area contributed by atoms with Crippen LogP contribution in [0.3, 0.4) is 0 Å². The molecule has 0 aliphatic rings. The molecule has 0 aliphatic heterocycles. The average Bonchev–Trinajstić information content (AvgIpc) is 2.72. The number of rotatable bonds is 3. The van der Waals surface area contributed by atoms with Crippen molar-refractivity contribution in [1.29, 1.82) is 0 Å². The molecule has 1 aromatic heterocycles. The van der Waals surface area contributed by atoms with Gasteiger partial charge in [-0.1, -0.05) is 30.3 Å². The fourth-order valence-electron chi connectivity index (χ4n) is 1.20. The van der Waals surface area contributed by atoms with Crippen molar-refractivity contribution >= 4 is 5.82 Å². The lowest BCUT2D eigenvalue weighted by Crippen LogP contribution is -2.30. The fourth-order valence-corrected chi connectivity index (χ4v) is 1.20. The van der Waals surface area contributed by atoms with Crippen molar-refractivity contribution in [1.82, 2.24) is 15.4 Å². The molecule has 5 heteroatoms. The molecule has 1 aromatic carbocycles. The van der Waals surface area contributed by atoms with E-state index in [9.17, 15) is 0 Å². The molecule has 0 bridgehead atoms. The van der Waals surface area contributed by atoms with Crippen molar-refractivity contribution in [2.24, 2.45) is 5.84 Å². The molecule has 3 N–H and O–H groups in total. The molecule has 2 rings (SSSR count). The smallest absolute Gasteiger partial charge is 0.185 e. The summed E-state index contributed by atoms with van der Waals surface area (Å²) < 4.78 is 0. The second-order valence-corrected chi connectivity index (χ2v) is 2.94. The first-order chi connectivity index (χ1) is 6.86. The minimum atomic E-state index is 0.618. The Balaban J connectivity index is 2.06. The summed E-state index contributed by atoms with van der Waals surface area (Å²) in [5.41, 5.74) is 1.14. The summed E-state index contributed by atoms with van der Waals surface area (Å²) in [4.78, 5) is 0. The first-order valence-corrected chi connectivity index (χ1v) is 4.28. The van der Waals surface area contributed by atoms with E-state index in [0.29, 0.717) is 12.4 Å². The molecule has 5 nitrogen and oxygen atoms in total. The third-order valence-electron chi connectivity index (χ3n) is 1.89. The molecule has 0 unspecified atom stereocenters. The Hall–Kier alpha value is -1.88. The molecular weight excluding hydrogens is 178 g/mol. The van der Waals surface area contributed by atoms with E-state index in [1.165, 1.54) is 0 Å². The summed E-state index contributed by atoms with van der Waals surface area (Å²) in [6.07, 6.45) is 1.59. The second-order valence-electron chi connectivity index (χ2n) is 2.94. The highest BCUT2D eigenvalue weighted by Gasteiger charge is 2.04. The molecule has 0 atom stereocenters. The van der Waals surface area contributed by atoms with Crippen LogP contribution < -0.4 is 10.9 Å². The van der Waals surface area contributed by atoms with Gasteiger partial charge < -0.3 is 0 Å². The highest BCUT2D eigenvalue weighted by Crippen LogP contribution is 2.07. The molecule has 1 heterocycles. The van der Waals surface area contributed by atoms with E-state index < -0.39 is 0 Å². The lowest BCUT2D eigenvalue weighted by Gasteiger charge is -2.14. The topological polar surface area (TPSA) is 70.8 Å². The van der Waals surface area contributed by atoms with Gasteiger partial charge in [-0.15, -0.1) is 5.10 Å². The van der Waals surface area contributed by atoms with Crippen LogP contribution in [-0.2, 0) is 6.54 Å². The van der Waals surface area contributed by atoms with E-state index >= 15 is 0 Å². The third-order valence-corrected chi connectivity index (χ3v) is 1.89. The van der Waals surface area contributed by atoms with Crippen molar-refractivity contribution in [3.05, 3.63) is 42.1 Å². The molecule has 0 amide bonds. The van der Waals surface area contributed by atoms with Crippen LogP contribution in [0.4, 0.5) is 5.82 Å². The molecule has 0 saturated heterocycles. The van der Waals surface area contributed by atoms with Crippen molar-refractivity contribution in [2.45, 2.75) is 6.54 Å². The number of hydrazine groups is 1. The van der Waals surface area contributed by atoms with Gasteiger partial charge in [-0.25, -0.2) is 5.84 Å². The van der Waals surface area contributed by atoms with Crippen molar-refractivity contribution < 1.29 is 0 Å². The van der Waals surface area contributed by atoms with E-state index in [4.69, 9.17) is 5.84 Å².